The topological polar surface area (TPSA) is 71.3 Å². The molecular weight excluding hydrogens is 251 g/mol. The molecule has 1 aromatic rings. The fourth-order valence-corrected chi connectivity index (χ4v) is 1.13. The summed E-state index contributed by atoms with van der Waals surface area (Å²) in [5.74, 6) is -1.11. The van der Waals surface area contributed by atoms with Gasteiger partial charge in [-0.3, -0.25) is 0 Å². The first-order chi connectivity index (χ1) is 9.17. The van der Waals surface area contributed by atoms with Gasteiger partial charge in [-0.2, -0.15) is 5.26 Å². The molecule has 0 aliphatic heterocycles. The summed E-state index contributed by atoms with van der Waals surface area (Å²) in [6.45, 7) is 0.334. The summed E-state index contributed by atoms with van der Waals surface area (Å²) in [6.07, 6.45) is 1.21. The first-order valence-electron chi connectivity index (χ1n) is 5.46. The van der Waals surface area contributed by atoms with Crippen molar-refractivity contribution in [3.63, 3.8) is 0 Å². The molecule has 1 aromatic carbocycles. The van der Waals surface area contributed by atoms with Crippen LogP contribution in [0.2, 0.25) is 0 Å². The maximum atomic E-state index is 12.7. The number of esters is 1. The van der Waals surface area contributed by atoms with Crippen molar-refractivity contribution in [2.45, 2.75) is 0 Å². The Hall–Kier alpha value is -2.39. The first kappa shape index (κ1) is 14.7. The Bertz CT molecular complexity index is 492. The van der Waals surface area contributed by atoms with E-state index in [9.17, 15) is 9.18 Å². The van der Waals surface area contributed by atoms with Gasteiger partial charge in [-0.05, 0) is 24.3 Å². The van der Waals surface area contributed by atoms with Crippen LogP contribution < -0.4 is 5.32 Å². The highest BCUT2D eigenvalue weighted by Gasteiger charge is 2.09. The lowest BCUT2D eigenvalue weighted by atomic mass is 10.3. The van der Waals surface area contributed by atoms with E-state index in [-0.39, 0.29) is 24.6 Å². The van der Waals surface area contributed by atoms with Crippen LogP contribution in [-0.4, -0.2) is 26.3 Å². The molecule has 1 N–H and O–H groups in total. The lowest BCUT2D eigenvalue weighted by Gasteiger charge is -2.04. The van der Waals surface area contributed by atoms with E-state index < -0.39 is 5.97 Å². The number of benzene rings is 1. The maximum absolute atomic E-state index is 12.7. The summed E-state index contributed by atoms with van der Waals surface area (Å²) in [6, 6.07) is 7.21. The van der Waals surface area contributed by atoms with Gasteiger partial charge in [-0.15, -0.1) is 0 Å². The highest BCUT2D eigenvalue weighted by molar-refractivity contribution is 5.93. The molecule has 0 unspecified atom stereocenters. The van der Waals surface area contributed by atoms with Gasteiger partial charge in [0.25, 0.3) is 0 Å². The summed E-state index contributed by atoms with van der Waals surface area (Å²) in [5, 5.41) is 11.5. The normalized spacial score (nSPS) is 10.7. The van der Waals surface area contributed by atoms with Crippen LogP contribution in [0.5, 0.6) is 0 Å². The number of rotatable bonds is 6. The molecule has 1 rings (SSSR count). The highest BCUT2D eigenvalue weighted by atomic mass is 19.1. The third-order valence-electron chi connectivity index (χ3n) is 2.09. The number of hydrogen-bond donors (Lipinski definition) is 1. The largest absolute Gasteiger partial charge is 0.459 e. The SMILES string of the molecule is COCCOC(=O)/C(C#N)=C/Nc1ccc(F)cc1. The van der Waals surface area contributed by atoms with E-state index >= 15 is 0 Å². The molecule has 0 saturated heterocycles. The Morgan fingerprint density at radius 3 is 2.68 bits per heavy atom. The van der Waals surface area contributed by atoms with E-state index in [1.165, 1.54) is 37.6 Å². The third kappa shape index (κ3) is 5.19. The molecule has 0 bridgehead atoms. The molecule has 6 heteroatoms. The molecule has 0 fully saturated rings. The van der Waals surface area contributed by atoms with Gasteiger partial charge in [-0.1, -0.05) is 0 Å². The van der Waals surface area contributed by atoms with Crippen LogP contribution in [0.1, 0.15) is 0 Å². The molecular formula is C13H13FN2O3. The van der Waals surface area contributed by atoms with Gasteiger partial charge in [0.2, 0.25) is 0 Å². The van der Waals surface area contributed by atoms with E-state index in [0.717, 1.165) is 0 Å². The number of halogens is 1. The van der Waals surface area contributed by atoms with Crippen molar-refractivity contribution in [2.24, 2.45) is 0 Å². The minimum absolute atomic E-state index is 0.0743. The van der Waals surface area contributed by atoms with Crippen LogP contribution in [-0.2, 0) is 14.3 Å². The molecule has 0 heterocycles. The van der Waals surface area contributed by atoms with Crippen LogP contribution in [0.25, 0.3) is 0 Å². The highest BCUT2D eigenvalue weighted by Crippen LogP contribution is 2.09. The third-order valence-corrected chi connectivity index (χ3v) is 2.09. The number of nitrogens with zero attached hydrogens (tertiary/aromatic N) is 1. The van der Waals surface area contributed by atoms with Gasteiger partial charge in [0.15, 0.2) is 5.57 Å². The molecule has 0 atom stereocenters. The van der Waals surface area contributed by atoms with E-state index in [1.807, 2.05) is 0 Å². The molecule has 100 valence electrons. The monoisotopic (exact) mass is 264 g/mol. The van der Waals surface area contributed by atoms with Gasteiger partial charge in [0, 0.05) is 19.0 Å². The summed E-state index contributed by atoms with van der Waals surface area (Å²) in [7, 11) is 1.48. The average molecular weight is 264 g/mol. The van der Waals surface area contributed by atoms with Crippen LogP contribution in [0, 0.1) is 17.1 Å². The quantitative estimate of drug-likeness (QED) is 0.367. The fraction of sp³-hybridized carbons (Fsp3) is 0.231. The van der Waals surface area contributed by atoms with Crippen molar-refractivity contribution in [3.8, 4) is 6.07 Å². The van der Waals surface area contributed by atoms with Gasteiger partial charge in [0.1, 0.15) is 18.5 Å². The molecule has 0 aromatic heterocycles. The van der Waals surface area contributed by atoms with E-state index in [0.29, 0.717) is 5.69 Å². The Labute approximate surface area is 110 Å². The number of carbonyl (C=O) groups is 1. The van der Waals surface area contributed by atoms with E-state index in [2.05, 4.69) is 5.32 Å². The number of hydrogen-bond acceptors (Lipinski definition) is 5. The molecule has 0 amide bonds. The molecule has 0 radical (unpaired) electrons. The Morgan fingerprint density at radius 2 is 2.11 bits per heavy atom. The van der Waals surface area contributed by atoms with Gasteiger partial charge in [-0.25, -0.2) is 9.18 Å². The second-order valence-electron chi connectivity index (χ2n) is 3.45. The zero-order valence-corrected chi connectivity index (χ0v) is 10.4. The molecule has 0 saturated carbocycles. The van der Waals surface area contributed by atoms with Gasteiger partial charge >= 0.3 is 5.97 Å². The smallest absolute Gasteiger partial charge is 0.350 e. The van der Waals surface area contributed by atoms with Crippen molar-refractivity contribution in [1.82, 2.24) is 0 Å². The van der Waals surface area contributed by atoms with E-state index in [1.54, 1.807) is 6.07 Å². The fourth-order valence-electron chi connectivity index (χ4n) is 1.13. The minimum Gasteiger partial charge on any atom is -0.459 e. The number of nitrogens with one attached hydrogen (secondary N) is 1. The van der Waals surface area contributed by atoms with Crippen molar-refractivity contribution >= 4 is 11.7 Å². The summed E-state index contributed by atoms with van der Waals surface area (Å²) < 4.78 is 22.2. The van der Waals surface area contributed by atoms with Gasteiger partial charge in [0.05, 0.1) is 6.61 Å². The van der Waals surface area contributed by atoms with E-state index in [4.69, 9.17) is 14.7 Å². The number of carbonyl (C=O) groups excluding carboxylic acids is 1. The minimum atomic E-state index is -0.742. The Balaban J connectivity index is 2.59. The standard InChI is InChI=1S/C13H13FN2O3/c1-18-6-7-19-13(17)10(8-15)9-16-12-4-2-11(14)3-5-12/h2-5,9,16H,6-7H2,1H3/b10-9+. The van der Waals surface area contributed by atoms with Crippen molar-refractivity contribution < 1.29 is 18.7 Å². The van der Waals surface area contributed by atoms with Crippen LogP contribution in [0.4, 0.5) is 10.1 Å². The lowest BCUT2D eigenvalue weighted by molar-refractivity contribution is -0.139. The predicted octanol–water partition coefficient (Wildman–Crippen LogP) is 1.83. The molecule has 0 spiro atoms. The summed E-state index contributed by atoms with van der Waals surface area (Å²) in [5.41, 5.74) is 0.374. The number of methoxy groups -OCH3 is 1. The first-order valence-corrected chi connectivity index (χ1v) is 5.46. The summed E-state index contributed by atoms with van der Waals surface area (Å²) in [4.78, 5) is 11.5. The van der Waals surface area contributed by atoms with Crippen molar-refractivity contribution in [2.75, 3.05) is 25.6 Å². The molecule has 0 aliphatic rings. The zero-order chi connectivity index (χ0) is 14.1. The summed E-state index contributed by atoms with van der Waals surface area (Å²) >= 11 is 0. The Kier molecular flexibility index (Phi) is 6.06. The Morgan fingerprint density at radius 1 is 1.42 bits per heavy atom. The van der Waals surface area contributed by atoms with Crippen LogP contribution in [0.15, 0.2) is 36.0 Å². The predicted molar refractivity (Wildman–Crippen MR) is 66.6 cm³/mol. The number of anilines is 1. The number of nitriles is 1. The van der Waals surface area contributed by atoms with Crippen LogP contribution >= 0.6 is 0 Å². The van der Waals surface area contributed by atoms with Crippen molar-refractivity contribution in [3.05, 3.63) is 41.9 Å². The maximum Gasteiger partial charge on any atom is 0.350 e. The second-order valence-corrected chi connectivity index (χ2v) is 3.45. The zero-order valence-electron chi connectivity index (χ0n) is 10.4. The lowest BCUT2D eigenvalue weighted by Crippen LogP contribution is -2.12. The molecule has 5 nitrogen and oxygen atoms in total. The van der Waals surface area contributed by atoms with Crippen molar-refractivity contribution in [1.29, 1.82) is 5.26 Å². The van der Waals surface area contributed by atoms with Crippen LogP contribution in [0.3, 0.4) is 0 Å². The second kappa shape index (κ2) is 7.84. The molecule has 19 heavy (non-hydrogen) atoms. The average Bonchev–Trinajstić information content (AvgIpc) is 2.42. The van der Waals surface area contributed by atoms with Gasteiger partial charge < -0.3 is 14.8 Å². The molecule has 0 aliphatic carbocycles. The number of ether oxygens (including phenoxy) is 2.